The van der Waals surface area contributed by atoms with Crippen LogP contribution in [0.3, 0.4) is 0 Å². The SMILES string of the molecule is CC1(N)CCN(c2cc(C(N)=O)c3c(-c4ccc(F)c(F)c4)[nH]nc3n2)CC1. The number of halogens is 2. The van der Waals surface area contributed by atoms with Crippen molar-refractivity contribution in [1.82, 2.24) is 15.2 Å². The Balaban J connectivity index is 1.81. The molecular formula is C19H20F2N6O. The number of carbonyl (C=O) groups is 1. The van der Waals surface area contributed by atoms with E-state index in [1.165, 1.54) is 6.07 Å². The van der Waals surface area contributed by atoms with Crippen molar-refractivity contribution in [3.8, 4) is 11.3 Å². The fourth-order valence-corrected chi connectivity index (χ4v) is 3.47. The van der Waals surface area contributed by atoms with Crippen LogP contribution in [0.25, 0.3) is 22.3 Å². The summed E-state index contributed by atoms with van der Waals surface area (Å²) in [5.74, 6) is -2.02. The molecule has 1 fully saturated rings. The fraction of sp³-hybridized carbons (Fsp3) is 0.316. The van der Waals surface area contributed by atoms with Gasteiger partial charge in [0.25, 0.3) is 0 Å². The van der Waals surface area contributed by atoms with Crippen LogP contribution in [-0.2, 0) is 0 Å². The van der Waals surface area contributed by atoms with Crippen LogP contribution < -0.4 is 16.4 Å². The number of hydrogen-bond donors (Lipinski definition) is 3. The van der Waals surface area contributed by atoms with E-state index in [4.69, 9.17) is 11.5 Å². The quantitative estimate of drug-likeness (QED) is 0.639. The second-order valence-electron chi connectivity index (χ2n) is 7.46. The molecule has 1 aromatic carbocycles. The number of primary amides is 1. The van der Waals surface area contributed by atoms with Gasteiger partial charge in [-0.3, -0.25) is 9.89 Å². The zero-order valence-electron chi connectivity index (χ0n) is 15.3. The number of fused-ring (bicyclic) bond motifs is 1. The molecule has 1 aliphatic heterocycles. The Kier molecular flexibility index (Phi) is 4.26. The molecule has 9 heteroatoms. The molecule has 28 heavy (non-hydrogen) atoms. The molecule has 146 valence electrons. The van der Waals surface area contributed by atoms with Crippen LogP contribution in [0, 0.1) is 11.6 Å². The molecule has 0 unspecified atom stereocenters. The Hall–Kier alpha value is -3.07. The van der Waals surface area contributed by atoms with Crippen molar-refractivity contribution in [2.24, 2.45) is 11.5 Å². The van der Waals surface area contributed by atoms with E-state index in [1.54, 1.807) is 6.07 Å². The lowest BCUT2D eigenvalue weighted by Crippen LogP contribution is -2.48. The van der Waals surface area contributed by atoms with Crippen molar-refractivity contribution in [1.29, 1.82) is 0 Å². The molecule has 1 aliphatic rings. The maximum absolute atomic E-state index is 13.7. The number of aromatic nitrogens is 3. The number of nitrogens with one attached hydrogen (secondary N) is 1. The van der Waals surface area contributed by atoms with Crippen LogP contribution in [0.15, 0.2) is 24.3 Å². The van der Waals surface area contributed by atoms with Crippen LogP contribution in [0.1, 0.15) is 30.1 Å². The molecule has 0 spiro atoms. The van der Waals surface area contributed by atoms with Gasteiger partial charge in [-0.2, -0.15) is 5.10 Å². The standard InChI is InChI=1S/C19H20F2N6O/c1-19(23)4-6-27(7-5-19)14-9-11(17(22)28)15-16(25-26-18(15)24-14)10-2-3-12(20)13(21)8-10/h2-3,8-9H,4-7,23H2,1H3,(H2,22,28)(H,24,25,26). The molecule has 1 saturated heterocycles. The normalized spacial score (nSPS) is 16.5. The van der Waals surface area contributed by atoms with Crippen LogP contribution >= 0.6 is 0 Å². The monoisotopic (exact) mass is 386 g/mol. The molecule has 3 heterocycles. The van der Waals surface area contributed by atoms with Crippen LogP contribution in [-0.4, -0.2) is 39.7 Å². The predicted octanol–water partition coefficient (Wildman–Crippen LogP) is 2.32. The van der Waals surface area contributed by atoms with Crippen molar-refractivity contribution in [3.05, 3.63) is 41.5 Å². The van der Waals surface area contributed by atoms with Gasteiger partial charge in [-0.15, -0.1) is 0 Å². The smallest absolute Gasteiger partial charge is 0.249 e. The van der Waals surface area contributed by atoms with E-state index in [1.807, 2.05) is 11.8 Å². The van der Waals surface area contributed by atoms with Crippen LogP contribution in [0.2, 0.25) is 0 Å². The predicted molar refractivity (Wildman–Crippen MR) is 102 cm³/mol. The first-order valence-electron chi connectivity index (χ1n) is 8.93. The van der Waals surface area contributed by atoms with Gasteiger partial charge >= 0.3 is 0 Å². The number of benzene rings is 1. The van der Waals surface area contributed by atoms with Gasteiger partial charge in [-0.1, -0.05) is 0 Å². The lowest BCUT2D eigenvalue weighted by atomic mass is 9.91. The molecule has 7 nitrogen and oxygen atoms in total. The molecule has 0 saturated carbocycles. The highest BCUT2D eigenvalue weighted by molar-refractivity contribution is 6.10. The number of hydrogen-bond acceptors (Lipinski definition) is 5. The molecule has 0 aliphatic carbocycles. The van der Waals surface area contributed by atoms with Gasteiger partial charge in [-0.25, -0.2) is 13.8 Å². The van der Waals surface area contributed by atoms with Gasteiger partial charge in [0.15, 0.2) is 17.3 Å². The van der Waals surface area contributed by atoms with Gasteiger partial charge < -0.3 is 16.4 Å². The Morgan fingerprint density at radius 1 is 1.21 bits per heavy atom. The number of pyridine rings is 1. The summed E-state index contributed by atoms with van der Waals surface area (Å²) in [4.78, 5) is 18.7. The zero-order valence-corrected chi connectivity index (χ0v) is 15.3. The molecule has 0 atom stereocenters. The maximum atomic E-state index is 13.7. The highest BCUT2D eigenvalue weighted by Crippen LogP contribution is 2.32. The number of amides is 1. The summed E-state index contributed by atoms with van der Waals surface area (Å²) >= 11 is 0. The van der Waals surface area contributed by atoms with Gasteiger partial charge in [0.2, 0.25) is 5.91 Å². The molecule has 0 bridgehead atoms. The summed E-state index contributed by atoms with van der Waals surface area (Å²) in [6.45, 7) is 3.41. The summed E-state index contributed by atoms with van der Waals surface area (Å²) in [7, 11) is 0. The molecule has 3 aromatic rings. The summed E-state index contributed by atoms with van der Waals surface area (Å²) in [5.41, 5.74) is 12.8. The van der Waals surface area contributed by atoms with E-state index in [0.29, 0.717) is 35.6 Å². The highest BCUT2D eigenvalue weighted by atomic mass is 19.2. The largest absolute Gasteiger partial charge is 0.366 e. The fourth-order valence-electron chi connectivity index (χ4n) is 3.47. The molecule has 1 amide bonds. The zero-order chi connectivity index (χ0) is 20.1. The topological polar surface area (TPSA) is 114 Å². The third-order valence-corrected chi connectivity index (χ3v) is 5.21. The second kappa shape index (κ2) is 6.52. The summed E-state index contributed by atoms with van der Waals surface area (Å²) in [6.07, 6.45) is 1.58. The van der Waals surface area contributed by atoms with Crippen molar-refractivity contribution >= 4 is 22.8 Å². The van der Waals surface area contributed by atoms with Crippen molar-refractivity contribution < 1.29 is 13.6 Å². The Labute approximate surface area is 159 Å². The number of piperidine rings is 1. The van der Waals surface area contributed by atoms with Crippen molar-refractivity contribution in [2.75, 3.05) is 18.0 Å². The molecule has 0 radical (unpaired) electrons. The summed E-state index contributed by atoms with van der Waals surface area (Å²) in [6, 6.07) is 5.06. The van der Waals surface area contributed by atoms with Crippen LogP contribution in [0.5, 0.6) is 0 Å². The van der Waals surface area contributed by atoms with E-state index in [0.717, 1.165) is 25.0 Å². The molecule has 5 N–H and O–H groups in total. The second-order valence-corrected chi connectivity index (χ2v) is 7.46. The molecular weight excluding hydrogens is 366 g/mol. The number of carbonyl (C=O) groups excluding carboxylic acids is 1. The lowest BCUT2D eigenvalue weighted by molar-refractivity contribution is 0.100. The first-order chi connectivity index (χ1) is 13.2. The van der Waals surface area contributed by atoms with E-state index < -0.39 is 17.5 Å². The van der Waals surface area contributed by atoms with Crippen molar-refractivity contribution in [3.63, 3.8) is 0 Å². The third kappa shape index (κ3) is 3.18. The lowest BCUT2D eigenvalue weighted by Gasteiger charge is -2.37. The third-order valence-electron chi connectivity index (χ3n) is 5.21. The minimum absolute atomic E-state index is 0.217. The van der Waals surface area contributed by atoms with E-state index >= 15 is 0 Å². The highest BCUT2D eigenvalue weighted by Gasteiger charge is 2.28. The Morgan fingerprint density at radius 2 is 1.93 bits per heavy atom. The van der Waals surface area contributed by atoms with Gasteiger partial charge in [0.1, 0.15) is 5.82 Å². The Bertz CT molecular complexity index is 1070. The Morgan fingerprint density at radius 3 is 2.57 bits per heavy atom. The molecule has 2 aromatic heterocycles. The summed E-state index contributed by atoms with van der Waals surface area (Å²) in [5, 5.41) is 7.31. The van der Waals surface area contributed by atoms with E-state index in [-0.39, 0.29) is 16.7 Å². The first-order valence-corrected chi connectivity index (χ1v) is 8.93. The minimum atomic E-state index is -0.997. The number of H-pyrrole nitrogens is 1. The number of rotatable bonds is 3. The number of anilines is 1. The number of aromatic amines is 1. The van der Waals surface area contributed by atoms with E-state index in [2.05, 4.69) is 15.2 Å². The maximum Gasteiger partial charge on any atom is 0.249 e. The first kappa shape index (κ1) is 18.3. The van der Waals surface area contributed by atoms with E-state index in [9.17, 15) is 13.6 Å². The average Bonchev–Trinajstić information content (AvgIpc) is 3.07. The number of nitrogens with zero attached hydrogens (tertiary/aromatic N) is 3. The average molecular weight is 386 g/mol. The van der Waals surface area contributed by atoms with Gasteiger partial charge in [0, 0.05) is 24.2 Å². The number of nitrogens with two attached hydrogens (primary N) is 2. The molecule has 4 rings (SSSR count). The minimum Gasteiger partial charge on any atom is -0.366 e. The summed E-state index contributed by atoms with van der Waals surface area (Å²) < 4.78 is 26.9. The van der Waals surface area contributed by atoms with Crippen molar-refractivity contribution in [2.45, 2.75) is 25.3 Å². The van der Waals surface area contributed by atoms with Gasteiger partial charge in [-0.05, 0) is 44.0 Å². The van der Waals surface area contributed by atoms with Gasteiger partial charge in [0.05, 0.1) is 16.6 Å². The van der Waals surface area contributed by atoms with Crippen LogP contribution in [0.4, 0.5) is 14.6 Å².